The van der Waals surface area contributed by atoms with Gasteiger partial charge in [0, 0.05) is 34.6 Å². The molecule has 2 atom stereocenters. The van der Waals surface area contributed by atoms with E-state index in [4.69, 9.17) is 23.0 Å². The predicted molar refractivity (Wildman–Crippen MR) is 155 cm³/mol. The number of benzene rings is 3. The van der Waals surface area contributed by atoms with E-state index in [1.807, 2.05) is 24.3 Å². The average molecular weight is 591 g/mol. The first kappa shape index (κ1) is 27.1. The lowest BCUT2D eigenvalue weighted by Crippen LogP contribution is -2.57. The Balaban J connectivity index is 1.42. The molecule has 2 fully saturated rings. The lowest BCUT2D eigenvalue weighted by atomic mass is 9.51. The maximum atomic E-state index is 13.9. The highest BCUT2D eigenvalue weighted by Crippen LogP contribution is 2.64. The van der Waals surface area contributed by atoms with E-state index in [9.17, 15) is 8.42 Å². The van der Waals surface area contributed by atoms with Gasteiger partial charge in [-0.05, 0) is 72.7 Å². The minimum absolute atomic E-state index is 0.0907. The Kier molecular flexibility index (Phi) is 6.56. The van der Waals surface area contributed by atoms with E-state index in [0.29, 0.717) is 16.8 Å². The van der Waals surface area contributed by atoms with Crippen LogP contribution in [0.5, 0.6) is 23.0 Å². The number of ether oxygens (including phenoxy) is 3. The molecule has 4 aromatic rings. The van der Waals surface area contributed by atoms with Crippen LogP contribution in [0, 0.1) is 5.92 Å². The third-order valence-corrected chi connectivity index (χ3v) is 10.9. The summed E-state index contributed by atoms with van der Waals surface area (Å²) in [6.45, 7) is 0. The lowest BCUT2D eigenvalue weighted by Gasteiger charge is -2.58. The number of rotatable bonds is 6. The van der Waals surface area contributed by atoms with Gasteiger partial charge in [0.05, 0.1) is 14.2 Å². The fourth-order valence-corrected chi connectivity index (χ4v) is 8.96. The summed E-state index contributed by atoms with van der Waals surface area (Å²) in [5, 5.41) is 7.63. The smallest absolute Gasteiger partial charge is 0.341 e. The van der Waals surface area contributed by atoms with E-state index in [1.165, 1.54) is 18.1 Å². The quantitative estimate of drug-likeness (QED) is 0.227. The number of nitrogens with zero attached hydrogens (tertiary/aromatic N) is 2. The summed E-state index contributed by atoms with van der Waals surface area (Å²) in [4.78, 5) is -0.115. The van der Waals surface area contributed by atoms with Crippen molar-refractivity contribution in [3.63, 3.8) is 0 Å². The predicted octanol–water partition coefficient (Wildman–Crippen LogP) is 6.69. The monoisotopic (exact) mass is 590 g/mol. The van der Waals surface area contributed by atoms with E-state index in [-0.39, 0.29) is 27.5 Å². The SMILES string of the molecule is COc1ccc2c(c1)O[C@@]1(c3ccc(OC)cc3OS(=O)(=O)c3cccc4nonc34)CCCC[C@H]1C21CCCCC1. The normalized spacial score (nSPS) is 23.0. The summed E-state index contributed by atoms with van der Waals surface area (Å²) >= 11 is 0. The second-order valence-corrected chi connectivity index (χ2v) is 13.2. The molecule has 1 aliphatic heterocycles. The molecular weight excluding hydrogens is 556 g/mol. The van der Waals surface area contributed by atoms with Gasteiger partial charge in [-0.15, -0.1) is 0 Å². The van der Waals surface area contributed by atoms with Gasteiger partial charge in [0.2, 0.25) is 0 Å². The molecule has 10 heteroatoms. The lowest BCUT2D eigenvalue weighted by molar-refractivity contribution is -0.0956. The summed E-state index contributed by atoms with van der Waals surface area (Å²) in [5.74, 6) is 2.34. The maximum Gasteiger partial charge on any atom is 0.341 e. The molecule has 0 radical (unpaired) electrons. The van der Waals surface area contributed by atoms with Gasteiger partial charge in [0.15, 0.2) is 11.3 Å². The van der Waals surface area contributed by atoms with Gasteiger partial charge in [-0.2, -0.15) is 8.42 Å². The van der Waals surface area contributed by atoms with Crippen molar-refractivity contribution in [2.75, 3.05) is 14.2 Å². The molecule has 3 aromatic carbocycles. The summed E-state index contributed by atoms with van der Waals surface area (Å²) in [7, 11) is -1.13. The molecule has 0 saturated heterocycles. The van der Waals surface area contributed by atoms with E-state index < -0.39 is 15.7 Å². The molecule has 0 bridgehead atoms. The third kappa shape index (κ3) is 4.13. The van der Waals surface area contributed by atoms with E-state index >= 15 is 0 Å². The van der Waals surface area contributed by atoms with Crippen LogP contribution in [0.25, 0.3) is 11.0 Å². The van der Waals surface area contributed by atoms with Crippen molar-refractivity contribution in [1.29, 1.82) is 0 Å². The minimum Gasteiger partial charge on any atom is -0.497 e. The largest absolute Gasteiger partial charge is 0.497 e. The Morgan fingerprint density at radius 1 is 0.833 bits per heavy atom. The van der Waals surface area contributed by atoms with Crippen molar-refractivity contribution in [3.05, 3.63) is 65.7 Å². The second-order valence-electron chi connectivity index (χ2n) is 11.7. The van der Waals surface area contributed by atoms with E-state index in [0.717, 1.165) is 62.9 Å². The Morgan fingerprint density at radius 3 is 2.36 bits per heavy atom. The summed E-state index contributed by atoms with van der Waals surface area (Å²) in [6.07, 6.45) is 9.40. The van der Waals surface area contributed by atoms with Crippen molar-refractivity contribution in [2.24, 2.45) is 5.92 Å². The highest BCUT2D eigenvalue weighted by atomic mass is 32.2. The summed E-state index contributed by atoms with van der Waals surface area (Å²) < 4.78 is 56.8. The first-order valence-electron chi connectivity index (χ1n) is 14.6. The highest BCUT2D eigenvalue weighted by molar-refractivity contribution is 7.87. The second kappa shape index (κ2) is 10.2. The van der Waals surface area contributed by atoms with Crippen LogP contribution in [0.4, 0.5) is 0 Å². The molecule has 7 rings (SSSR count). The standard InChI is InChI=1S/C32H34N2O7S/c1-37-21-12-14-23-26(19-21)39-32(18-7-4-11-29(32)31(23)16-5-3-6-17-31)24-15-13-22(38-2)20-27(24)40-42(35,36)28-10-8-9-25-30(28)34-41-33-25/h8-10,12-15,19-20,29H,3-7,11,16-18H2,1-2H3/t29-,32+/m0/s1. The average Bonchev–Trinajstić information content (AvgIpc) is 3.50. The van der Waals surface area contributed by atoms with Gasteiger partial charge >= 0.3 is 10.1 Å². The fraction of sp³-hybridized carbons (Fsp3) is 0.438. The molecule has 3 aliphatic rings. The Bertz CT molecular complexity index is 1740. The van der Waals surface area contributed by atoms with Crippen LogP contribution in [-0.2, 0) is 21.1 Å². The van der Waals surface area contributed by atoms with Crippen LogP contribution in [-0.4, -0.2) is 33.0 Å². The van der Waals surface area contributed by atoms with Crippen LogP contribution in [0.3, 0.4) is 0 Å². The van der Waals surface area contributed by atoms with Gasteiger partial charge in [0.1, 0.15) is 33.3 Å². The number of hydrogen-bond donors (Lipinski definition) is 0. The van der Waals surface area contributed by atoms with Crippen LogP contribution < -0.4 is 18.4 Å². The van der Waals surface area contributed by atoms with Gasteiger partial charge in [-0.25, -0.2) is 4.63 Å². The molecule has 2 saturated carbocycles. The molecule has 220 valence electrons. The third-order valence-electron chi connectivity index (χ3n) is 9.65. The zero-order valence-electron chi connectivity index (χ0n) is 23.8. The Hall–Kier alpha value is -3.79. The molecule has 1 spiro atoms. The molecule has 0 amide bonds. The molecule has 1 aromatic heterocycles. The van der Waals surface area contributed by atoms with Gasteiger partial charge in [0.25, 0.3) is 0 Å². The number of hydrogen-bond acceptors (Lipinski definition) is 9. The van der Waals surface area contributed by atoms with Crippen molar-refractivity contribution >= 4 is 21.2 Å². The molecule has 0 N–H and O–H groups in total. The van der Waals surface area contributed by atoms with Crippen molar-refractivity contribution in [2.45, 2.75) is 73.7 Å². The maximum absolute atomic E-state index is 13.9. The Morgan fingerprint density at radius 2 is 1.57 bits per heavy atom. The fourth-order valence-electron chi connectivity index (χ4n) is 7.87. The highest BCUT2D eigenvalue weighted by Gasteiger charge is 2.60. The van der Waals surface area contributed by atoms with Crippen molar-refractivity contribution in [3.8, 4) is 23.0 Å². The minimum atomic E-state index is -4.34. The molecule has 2 aliphatic carbocycles. The van der Waals surface area contributed by atoms with Crippen LogP contribution in [0.15, 0.2) is 64.1 Å². The summed E-state index contributed by atoms with van der Waals surface area (Å²) in [5.41, 5.74) is 1.50. The van der Waals surface area contributed by atoms with E-state index in [1.54, 1.807) is 32.4 Å². The van der Waals surface area contributed by atoms with Gasteiger partial charge in [-0.1, -0.05) is 37.8 Å². The van der Waals surface area contributed by atoms with Gasteiger partial charge < -0.3 is 18.4 Å². The molecule has 9 nitrogen and oxygen atoms in total. The van der Waals surface area contributed by atoms with E-state index in [2.05, 4.69) is 16.4 Å². The first-order valence-corrected chi connectivity index (χ1v) is 16.0. The van der Waals surface area contributed by atoms with Crippen LogP contribution in [0.2, 0.25) is 0 Å². The zero-order chi connectivity index (χ0) is 29.0. The number of aromatic nitrogens is 2. The zero-order valence-corrected chi connectivity index (χ0v) is 24.6. The van der Waals surface area contributed by atoms with Crippen LogP contribution in [0.1, 0.15) is 68.9 Å². The number of fused-ring (bicyclic) bond motifs is 5. The van der Waals surface area contributed by atoms with Crippen LogP contribution >= 0.6 is 0 Å². The van der Waals surface area contributed by atoms with Crippen molar-refractivity contribution < 1.29 is 31.4 Å². The molecule has 0 unspecified atom stereocenters. The number of methoxy groups -OCH3 is 2. The van der Waals surface area contributed by atoms with Crippen molar-refractivity contribution in [1.82, 2.24) is 10.3 Å². The first-order chi connectivity index (χ1) is 20.4. The van der Waals surface area contributed by atoms with Gasteiger partial charge in [-0.3, -0.25) is 0 Å². The topological polar surface area (TPSA) is 110 Å². The molecule has 2 heterocycles. The molecular formula is C32H34N2O7S. The summed E-state index contributed by atoms with van der Waals surface area (Å²) in [6, 6.07) is 16.3. The molecule has 42 heavy (non-hydrogen) atoms. The Labute approximate surface area is 245 Å².